The summed E-state index contributed by atoms with van der Waals surface area (Å²) in [6.07, 6.45) is -3.43. The molecular weight excluding hydrogens is 383 g/mol. The number of hydrogen-bond donors (Lipinski definition) is 0. The first kappa shape index (κ1) is 18.9. The summed E-state index contributed by atoms with van der Waals surface area (Å²) in [4.78, 5) is 2.20. The number of rotatable bonds is 4. The Balaban J connectivity index is 1.60. The highest BCUT2D eigenvalue weighted by Gasteiger charge is 2.36. The Hall–Kier alpha value is -2.47. The van der Waals surface area contributed by atoms with Crippen LogP contribution in [0.25, 0.3) is 11.1 Å². The van der Waals surface area contributed by atoms with E-state index >= 15 is 0 Å². The van der Waals surface area contributed by atoms with Gasteiger partial charge in [-0.2, -0.15) is 13.2 Å². The molecule has 6 heteroatoms. The third-order valence-electron chi connectivity index (χ3n) is 4.96. The van der Waals surface area contributed by atoms with Crippen LogP contribution in [0.3, 0.4) is 0 Å². The number of fused-ring (bicyclic) bond motifs is 1. The molecule has 4 rings (SSSR count). The minimum absolute atomic E-state index is 0.120. The molecule has 0 saturated heterocycles. The molecule has 146 valence electrons. The van der Waals surface area contributed by atoms with E-state index < -0.39 is 11.1 Å². The molecule has 0 amide bonds. The minimum atomic E-state index is -4.39. The zero-order valence-corrected chi connectivity index (χ0v) is 16.5. The molecule has 0 radical (unpaired) electrons. The van der Waals surface area contributed by atoms with Gasteiger partial charge < -0.3 is 9.64 Å². The summed E-state index contributed by atoms with van der Waals surface area (Å²) in [7, 11) is 2.06. The van der Waals surface area contributed by atoms with Gasteiger partial charge in [-0.3, -0.25) is 0 Å². The predicted octanol–water partition coefficient (Wildman–Crippen LogP) is 6.31. The molecule has 0 bridgehead atoms. The first-order valence-corrected chi connectivity index (χ1v) is 9.87. The summed E-state index contributed by atoms with van der Waals surface area (Å²) >= 11 is 0.752. The Bertz CT molecular complexity index is 995. The normalized spacial score (nSPS) is 13.7. The van der Waals surface area contributed by atoms with Crippen molar-refractivity contribution in [2.75, 3.05) is 18.5 Å². The first-order chi connectivity index (χ1) is 13.3. The van der Waals surface area contributed by atoms with E-state index in [1.54, 1.807) is 36.4 Å². The topological polar surface area (TPSA) is 12.5 Å². The quantitative estimate of drug-likeness (QED) is 0.506. The van der Waals surface area contributed by atoms with Gasteiger partial charge >= 0.3 is 6.18 Å². The fraction of sp³-hybridized carbons (Fsp3) is 0.273. The van der Waals surface area contributed by atoms with Crippen LogP contribution in [0.15, 0.2) is 48.5 Å². The van der Waals surface area contributed by atoms with Crippen LogP contribution in [0, 0.1) is 6.92 Å². The van der Waals surface area contributed by atoms with Gasteiger partial charge in [-0.1, -0.05) is 30.3 Å². The van der Waals surface area contributed by atoms with Crippen LogP contribution in [-0.2, 0) is 19.2 Å². The van der Waals surface area contributed by atoms with Crippen LogP contribution in [0.5, 0.6) is 5.75 Å². The second-order valence-corrected chi connectivity index (χ2v) is 8.16. The Kier molecular flexibility index (Phi) is 4.83. The average molecular weight is 403 g/mol. The molecule has 0 unspecified atom stereocenters. The Morgan fingerprint density at radius 2 is 1.86 bits per heavy atom. The molecule has 3 aromatic rings. The SMILES string of the molecule is Cc1cc(OCc2cc(-c3ccccc3)c(C(F)(F)F)s2)cc2c1N(C)CC2. The number of nitrogens with zero attached hydrogens (tertiary/aromatic N) is 1. The molecule has 0 N–H and O–H groups in total. The zero-order valence-electron chi connectivity index (χ0n) is 15.6. The van der Waals surface area contributed by atoms with Gasteiger partial charge in [-0.25, -0.2) is 0 Å². The van der Waals surface area contributed by atoms with E-state index in [-0.39, 0.29) is 12.2 Å². The highest BCUT2D eigenvalue weighted by molar-refractivity contribution is 7.12. The van der Waals surface area contributed by atoms with Crippen LogP contribution >= 0.6 is 11.3 Å². The third-order valence-corrected chi connectivity index (χ3v) is 6.11. The molecule has 0 saturated carbocycles. The molecule has 0 fully saturated rings. The van der Waals surface area contributed by atoms with Gasteiger partial charge in [0.25, 0.3) is 0 Å². The number of alkyl halides is 3. The Labute approximate surface area is 166 Å². The van der Waals surface area contributed by atoms with E-state index in [1.807, 2.05) is 19.1 Å². The van der Waals surface area contributed by atoms with E-state index in [2.05, 4.69) is 11.9 Å². The molecule has 1 aromatic heterocycles. The van der Waals surface area contributed by atoms with Crippen molar-refractivity contribution in [3.8, 4) is 16.9 Å². The summed E-state index contributed by atoms with van der Waals surface area (Å²) in [5, 5.41) is 0. The highest BCUT2D eigenvalue weighted by Crippen LogP contribution is 2.43. The van der Waals surface area contributed by atoms with Gasteiger partial charge in [0.2, 0.25) is 0 Å². The minimum Gasteiger partial charge on any atom is -0.488 e. The van der Waals surface area contributed by atoms with Crippen molar-refractivity contribution < 1.29 is 17.9 Å². The number of hydrogen-bond acceptors (Lipinski definition) is 3. The number of halogens is 3. The summed E-state index contributed by atoms with van der Waals surface area (Å²) in [6, 6.07) is 14.2. The van der Waals surface area contributed by atoms with E-state index in [0.29, 0.717) is 16.2 Å². The average Bonchev–Trinajstić information content (AvgIpc) is 3.25. The van der Waals surface area contributed by atoms with Crippen molar-refractivity contribution in [2.45, 2.75) is 26.1 Å². The zero-order chi connectivity index (χ0) is 19.9. The lowest BCUT2D eigenvalue weighted by Gasteiger charge is -2.16. The second kappa shape index (κ2) is 7.17. The van der Waals surface area contributed by atoms with Crippen molar-refractivity contribution in [1.29, 1.82) is 0 Å². The summed E-state index contributed by atoms with van der Waals surface area (Å²) in [6.45, 7) is 3.13. The van der Waals surface area contributed by atoms with Gasteiger partial charge in [-0.05, 0) is 48.2 Å². The molecule has 0 atom stereocenters. The molecule has 0 spiro atoms. The van der Waals surface area contributed by atoms with Gasteiger partial charge in [0, 0.05) is 29.7 Å². The van der Waals surface area contributed by atoms with E-state index in [0.717, 1.165) is 29.9 Å². The molecule has 0 aliphatic carbocycles. The lowest BCUT2D eigenvalue weighted by molar-refractivity contribution is -0.133. The number of anilines is 1. The maximum Gasteiger partial charge on any atom is 0.426 e. The number of benzene rings is 2. The van der Waals surface area contributed by atoms with Gasteiger partial charge in [0.05, 0.1) is 0 Å². The number of aryl methyl sites for hydroxylation is 1. The summed E-state index contributed by atoms with van der Waals surface area (Å²) < 4.78 is 46.4. The molecule has 1 aliphatic rings. The van der Waals surface area contributed by atoms with E-state index in [4.69, 9.17) is 4.74 Å². The van der Waals surface area contributed by atoms with Crippen LogP contribution in [0.4, 0.5) is 18.9 Å². The first-order valence-electron chi connectivity index (χ1n) is 9.05. The van der Waals surface area contributed by atoms with Crippen molar-refractivity contribution in [1.82, 2.24) is 0 Å². The number of ether oxygens (including phenoxy) is 1. The Morgan fingerprint density at radius 3 is 2.57 bits per heavy atom. The highest BCUT2D eigenvalue weighted by atomic mass is 32.1. The number of likely N-dealkylation sites (N-methyl/N-ethyl adjacent to an activating group) is 1. The van der Waals surface area contributed by atoms with Crippen LogP contribution < -0.4 is 9.64 Å². The van der Waals surface area contributed by atoms with Crippen molar-refractivity contribution >= 4 is 17.0 Å². The maximum atomic E-state index is 13.5. The van der Waals surface area contributed by atoms with Crippen LogP contribution in [0.1, 0.15) is 20.9 Å². The maximum absolute atomic E-state index is 13.5. The molecular formula is C22H20F3NOS. The van der Waals surface area contributed by atoms with Gasteiger partial charge in [0.1, 0.15) is 17.2 Å². The van der Waals surface area contributed by atoms with Crippen LogP contribution in [0.2, 0.25) is 0 Å². The van der Waals surface area contributed by atoms with E-state index in [1.165, 1.54) is 11.3 Å². The second-order valence-electron chi connectivity index (χ2n) is 7.03. The summed E-state index contributed by atoms with van der Waals surface area (Å²) in [5.41, 5.74) is 4.36. The lowest BCUT2D eigenvalue weighted by atomic mass is 10.1. The monoisotopic (exact) mass is 403 g/mol. The molecule has 1 aliphatic heterocycles. The van der Waals surface area contributed by atoms with Crippen molar-refractivity contribution in [3.63, 3.8) is 0 Å². The van der Waals surface area contributed by atoms with E-state index in [9.17, 15) is 13.2 Å². The smallest absolute Gasteiger partial charge is 0.426 e. The van der Waals surface area contributed by atoms with Gasteiger partial charge in [0.15, 0.2) is 0 Å². The molecule has 2 aromatic carbocycles. The van der Waals surface area contributed by atoms with Crippen LogP contribution in [-0.4, -0.2) is 13.6 Å². The van der Waals surface area contributed by atoms with Crippen molar-refractivity contribution in [2.24, 2.45) is 0 Å². The largest absolute Gasteiger partial charge is 0.488 e. The van der Waals surface area contributed by atoms with Gasteiger partial charge in [-0.15, -0.1) is 11.3 Å². The third kappa shape index (κ3) is 3.61. The summed E-state index contributed by atoms with van der Waals surface area (Å²) in [5.74, 6) is 0.703. The van der Waals surface area contributed by atoms with Crippen molar-refractivity contribution in [3.05, 3.63) is 69.4 Å². The molecule has 2 heterocycles. The predicted molar refractivity (Wildman–Crippen MR) is 107 cm³/mol. The molecule has 2 nitrogen and oxygen atoms in total. The fourth-order valence-electron chi connectivity index (χ4n) is 3.75. The lowest BCUT2D eigenvalue weighted by Crippen LogP contribution is -2.13. The number of thiophene rings is 1. The molecule has 28 heavy (non-hydrogen) atoms. The standard InChI is InChI=1S/C22H20F3NOS/c1-14-10-17(11-16-8-9-26(2)20(14)16)27-13-18-12-19(15-6-4-3-5-7-15)21(28-18)22(23,24)25/h3-7,10-12H,8-9,13H2,1-2H3. The Morgan fingerprint density at radius 1 is 1.11 bits per heavy atom. The fourth-order valence-corrected chi connectivity index (χ4v) is 4.71.